The maximum absolute atomic E-state index is 6.06. The summed E-state index contributed by atoms with van der Waals surface area (Å²) in [6.07, 6.45) is 1.60. The van der Waals surface area contributed by atoms with Gasteiger partial charge in [-0.3, -0.25) is 4.98 Å². The first-order valence-corrected chi connectivity index (χ1v) is 5.61. The number of hydrogen-bond acceptors (Lipinski definition) is 1. The van der Waals surface area contributed by atoms with Crippen molar-refractivity contribution in [3.8, 4) is 0 Å². The summed E-state index contributed by atoms with van der Waals surface area (Å²) >= 11 is 21.2. The van der Waals surface area contributed by atoms with Crippen LogP contribution in [0.1, 0.15) is 0 Å². The molecule has 72 valence electrons. The standard InChI is InChI=1S/C9H3BrCl3N/c10-5-3-14-9-4(7(5)12)1-2-6(11)8(9)13/h1-3H. The summed E-state index contributed by atoms with van der Waals surface area (Å²) in [4.78, 5) is 4.15. The van der Waals surface area contributed by atoms with Gasteiger partial charge in [0.05, 0.1) is 25.1 Å². The molecule has 0 saturated carbocycles. The Balaban J connectivity index is 2.94. The average Bonchev–Trinajstić information content (AvgIpc) is 2.17. The Kier molecular flexibility index (Phi) is 2.89. The lowest BCUT2D eigenvalue weighted by molar-refractivity contribution is 1.39. The monoisotopic (exact) mass is 309 g/mol. The van der Waals surface area contributed by atoms with Crippen molar-refractivity contribution in [3.05, 3.63) is 37.9 Å². The van der Waals surface area contributed by atoms with E-state index in [1.165, 1.54) is 0 Å². The minimum Gasteiger partial charge on any atom is -0.253 e. The van der Waals surface area contributed by atoms with Crippen LogP contribution in [0.2, 0.25) is 15.1 Å². The van der Waals surface area contributed by atoms with Crippen LogP contribution in [-0.2, 0) is 0 Å². The Morgan fingerprint density at radius 1 is 1.07 bits per heavy atom. The smallest absolute Gasteiger partial charge is 0.0919 e. The molecule has 0 N–H and O–H groups in total. The maximum Gasteiger partial charge on any atom is 0.0919 e. The molecule has 1 nitrogen and oxygen atoms in total. The van der Waals surface area contributed by atoms with Gasteiger partial charge in [0.2, 0.25) is 0 Å². The molecule has 0 amide bonds. The third-order valence-corrected chi connectivity index (χ3v) is 3.85. The molecule has 2 rings (SSSR count). The van der Waals surface area contributed by atoms with E-state index >= 15 is 0 Å². The van der Waals surface area contributed by atoms with E-state index in [1.54, 1.807) is 18.3 Å². The zero-order chi connectivity index (χ0) is 10.3. The Morgan fingerprint density at radius 3 is 2.50 bits per heavy atom. The summed E-state index contributed by atoms with van der Waals surface area (Å²) in [6.45, 7) is 0. The number of halogens is 4. The minimum absolute atomic E-state index is 0.429. The number of pyridine rings is 1. The van der Waals surface area contributed by atoms with E-state index in [1.807, 2.05) is 0 Å². The molecule has 5 heteroatoms. The van der Waals surface area contributed by atoms with Gasteiger partial charge in [-0.15, -0.1) is 0 Å². The van der Waals surface area contributed by atoms with E-state index < -0.39 is 0 Å². The summed E-state index contributed by atoms with van der Waals surface area (Å²) < 4.78 is 0.741. The van der Waals surface area contributed by atoms with Gasteiger partial charge in [0, 0.05) is 11.6 Å². The van der Waals surface area contributed by atoms with Gasteiger partial charge in [0.15, 0.2) is 0 Å². The second-order valence-corrected chi connectivity index (χ2v) is 4.70. The van der Waals surface area contributed by atoms with Gasteiger partial charge in [0.1, 0.15) is 0 Å². The molecule has 1 aromatic carbocycles. The van der Waals surface area contributed by atoms with Crippen LogP contribution in [-0.4, -0.2) is 4.98 Å². The number of nitrogens with zero attached hydrogens (tertiary/aromatic N) is 1. The van der Waals surface area contributed by atoms with Crippen LogP contribution in [0.3, 0.4) is 0 Å². The van der Waals surface area contributed by atoms with Crippen LogP contribution in [0.15, 0.2) is 22.8 Å². The molecule has 14 heavy (non-hydrogen) atoms. The molecule has 1 heterocycles. The lowest BCUT2D eigenvalue weighted by Crippen LogP contribution is -1.83. The largest absolute Gasteiger partial charge is 0.253 e. The first-order valence-electron chi connectivity index (χ1n) is 3.69. The predicted octanol–water partition coefficient (Wildman–Crippen LogP) is 4.96. The highest BCUT2D eigenvalue weighted by Gasteiger charge is 2.09. The summed E-state index contributed by atoms with van der Waals surface area (Å²) in [6, 6.07) is 3.50. The van der Waals surface area contributed by atoms with Gasteiger partial charge in [0.25, 0.3) is 0 Å². The van der Waals surface area contributed by atoms with E-state index in [9.17, 15) is 0 Å². The third kappa shape index (κ3) is 1.61. The molecule has 0 unspecified atom stereocenters. The van der Waals surface area contributed by atoms with E-state index in [0.29, 0.717) is 20.6 Å². The molecule has 0 spiro atoms. The van der Waals surface area contributed by atoms with Gasteiger partial charge in [-0.05, 0) is 28.1 Å². The molecule has 2 aromatic rings. The molecule has 0 saturated heterocycles. The van der Waals surface area contributed by atoms with E-state index in [0.717, 1.165) is 9.86 Å². The lowest BCUT2D eigenvalue weighted by Gasteiger charge is -2.04. The van der Waals surface area contributed by atoms with Crippen molar-refractivity contribution in [1.82, 2.24) is 4.98 Å². The molecule has 0 atom stereocenters. The highest BCUT2D eigenvalue weighted by molar-refractivity contribution is 9.10. The molecular weight excluding hydrogens is 308 g/mol. The van der Waals surface area contributed by atoms with Gasteiger partial charge < -0.3 is 0 Å². The van der Waals surface area contributed by atoms with Crippen molar-refractivity contribution in [1.29, 1.82) is 0 Å². The Labute approximate surface area is 104 Å². The number of rotatable bonds is 0. The van der Waals surface area contributed by atoms with Crippen LogP contribution in [0.5, 0.6) is 0 Å². The van der Waals surface area contributed by atoms with E-state index in [4.69, 9.17) is 34.8 Å². The summed E-state index contributed by atoms with van der Waals surface area (Å²) in [5.41, 5.74) is 0.618. The Morgan fingerprint density at radius 2 is 1.79 bits per heavy atom. The predicted molar refractivity (Wildman–Crippen MR) is 64.5 cm³/mol. The summed E-state index contributed by atoms with van der Waals surface area (Å²) in [5, 5.41) is 2.28. The quantitative estimate of drug-likeness (QED) is 0.670. The second kappa shape index (κ2) is 3.86. The fraction of sp³-hybridized carbons (Fsp3) is 0. The average molecular weight is 311 g/mol. The SMILES string of the molecule is Clc1ccc2c(Cl)c(Br)cnc2c1Cl. The van der Waals surface area contributed by atoms with Crippen molar-refractivity contribution in [3.63, 3.8) is 0 Å². The second-order valence-electron chi connectivity index (χ2n) is 2.68. The van der Waals surface area contributed by atoms with Crippen molar-refractivity contribution in [2.75, 3.05) is 0 Å². The number of aromatic nitrogens is 1. The Hall–Kier alpha value is -0.0200. The third-order valence-electron chi connectivity index (χ3n) is 1.82. The molecule has 0 aliphatic carbocycles. The van der Waals surface area contributed by atoms with Crippen molar-refractivity contribution < 1.29 is 0 Å². The normalized spacial score (nSPS) is 10.9. The number of hydrogen-bond donors (Lipinski definition) is 0. The summed E-state index contributed by atoms with van der Waals surface area (Å²) in [7, 11) is 0. The summed E-state index contributed by atoms with van der Waals surface area (Å²) in [5.74, 6) is 0. The topological polar surface area (TPSA) is 12.9 Å². The zero-order valence-corrected chi connectivity index (χ0v) is 10.5. The van der Waals surface area contributed by atoms with Gasteiger partial charge in [-0.25, -0.2) is 0 Å². The fourth-order valence-corrected chi connectivity index (χ4v) is 2.03. The Bertz CT molecular complexity index is 466. The van der Waals surface area contributed by atoms with Crippen molar-refractivity contribution in [2.24, 2.45) is 0 Å². The number of benzene rings is 1. The number of fused-ring (bicyclic) bond motifs is 1. The van der Waals surface area contributed by atoms with Gasteiger partial charge in [-0.2, -0.15) is 0 Å². The minimum atomic E-state index is 0.429. The van der Waals surface area contributed by atoms with Crippen LogP contribution in [0.25, 0.3) is 10.9 Å². The van der Waals surface area contributed by atoms with E-state index in [-0.39, 0.29) is 0 Å². The molecular formula is C9H3BrCl3N. The van der Waals surface area contributed by atoms with Gasteiger partial charge in [-0.1, -0.05) is 34.8 Å². The molecule has 0 fully saturated rings. The fourth-order valence-electron chi connectivity index (χ4n) is 1.15. The van der Waals surface area contributed by atoms with Gasteiger partial charge >= 0.3 is 0 Å². The molecule has 0 aliphatic rings. The lowest BCUT2D eigenvalue weighted by atomic mass is 10.2. The van der Waals surface area contributed by atoms with Crippen LogP contribution >= 0.6 is 50.7 Å². The van der Waals surface area contributed by atoms with Crippen LogP contribution in [0.4, 0.5) is 0 Å². The van der Waals surface area contributed by atoms with Crippen molar-refractivity contribution >= 4 is 61.6 Å². The van der Waals surface area contributed by atoms with E-state index in [2.05, 4.69) is 20.9 Å². The molecule has 0 bridgehead atoms. The van der Waals surface area contributed by atoms with Crippen LogP contribution in [0, 0.1) is 0 Å². The first-order chi connectivity index (χ1) is 6.61. The highest BCUT2D eigenvalue weighted by Crippen LogP contribution is 2.35. The molecule has 1 aromatic heterocycles. The molecule has 0 aliphatic heterocycles. The first kappa shape index (κ1) is 10.5. The highest BCUT2D eigenvalue weighted by atomic mass is 79.9. The van der Waals surface area contributed by atoms with Crippen LogP contribution < -0.4 is 0 Å². The van der Waals surface area contributed by atoms with Crippen molar-refractivity contribution in [2.45, 2.75) is 0 Å². The molecule has 0 radical (unpaired) electrons. The zero-order valence-electron chi connectivity index (χ0n) is 6.69. The maximum atomic E-state index is 6.06.